The molecule has 3 aromatic rings. The van der Waals surface area contributed by atoms with Gasteiger partial charge in [0.1, 0.15) is 6.67 Å². The summed E-state index contributed by atoms with van der Waals surface area (Å²) in [7, 11) is 1.38. The smallest absolute Gasteiger partial charge is 0.310 e. The van der Waals surface area contributed by atoms with Gasteiger partial charge in [0.15, 0.2) is 0 Å². The maximum Gasteiger partial charge on any atom is 0.310 e. The number of nitrogens with one attached hydrogen (secondary N) is 1. The Balaban J connectivity index is 2.08. The number of benzene rings is 3. The van der Waals surface area contributed by atoms with E-state index in [4.69, 9.17) is 4.74 Å². The molecule has 0 fully saturated rings. The van der Waals surface area contributed by atoms with Crippen LogP contribution in [-0.4, -0.2) is 13.1 Å². The highest BCUT2D eigenvalue weighted by Crippen LogP contribution is 2.47. The van der Waals surface area contributed by atoms with Crippen LogP contribution in [-0.2, 0) is 29.2 Å². The monoisotopic (exact) mass is 389 g/mol. The third-order valence-corrected chi connectivity index (χ3v) is 5.75. The quantitative estimate of drug-likeness (QED) is 0.578. The molecule has 3 nitrogen and oxygen atoms in total. The first-order valence-electron chi connectivity index (χ1n) is 9.75. The van der Waals surface area contributed by atoms with Crippen molar-refractivity contribution in [2.24, 2.45) is 0 Å². The van der Waals surface area contributed by atoms with Gasteiger partial charge in [-0.25, -0.2) is 4.39 Å². The fourth-order valence-electron chi connectivity index (χ4n) is 4.24. The van der Waals surface area contributed by atoms with Gasteiger partial charge in [-0.05, 0) is 47.2 Å². The number of methoxy groups -OCH3 is 1. The molecule has 3 aromatic carbocycles. The van der Waals surface area contributed by atoms with Gasteiger partial charge in [0.05, 0.1) is 13.5 Å². The molecule has 0 bridgehead atoms. The SMILES string of the molecule is COC(=O)Cc1c(C)c2c(c(CF)c1-c1ccc(C)cc1)-c1ccccc1CN2. The van der Waals surface area contributed by atoms with Crippen LogP contribution >= 0.6 is 0 Å². The molecule has 4 heteroatoms. The van der Waals surface area contributed by atoms with Crippen LogP contribution in [0.5, 0.6) is 0 Å². The van der Waals surface area contributed by atoms with Crippen molar-refractivity contribution in [2.45, 2.75) is 33.5 Å². The largest absolute Gasteiger partial charge is 0.469 e. The van der Waals surface area contributed by atoms with Crippen LogP contribution in [0.15, 0.2) is 48.5 Å². The van der Waals surface area contributed by atoms with Crippen LogP contribution in [0, 0.1) is 13.8 Å². The predicted molar refractivity (Wildman–Crippen MR) is 115 cm³/mol. The van der Waals surface area contributed by atoms with Gasteiger partial charge in [0.2, 0.25) is 0 Å². The van der Waals surface area contributed by atoms with Crippen LogP contribution < -0.4 is 5.32 Å². The highest BCUT2D eigenvalue weighted by molar-refractivity contribution is 5.95. The Morgan fingerprint density at radius 3 is 2.45 bits per heavy atom. The second kappa shape index (κ2) is 7.70. The van der Waals surface area contributed by atoms with Crippen LogP contribution in [0.4, 0.5) is 10.1 Å². The third-order valence-electron chi connectivity index (χ3n) is 5.75. The van der Waals surface area contributed by atoms with Crippen molar-refractivity contribution < 1.29 is 13.9 Å². The van der Waals surface area contributed by atoms with E-state index in [2.05, 4.69) is 11.4 Å². The molecule has 4 rings (SSSR count). The molecule has 0 aliphatic carbocycles. The molecule has 148 valence electrons. The Hall–Kier alpha value is -3.14. The molecule has 1 N–H and O–H groups in total. The predicted octanol–water partition coefficient (Wildman–Crippen LogP) is 5.75. The fraction of sp³-hybridized carbons (Fsp3) is 0.240. The van der Waals surface area contributed by atoms with Gasteiger partial charge < -0.3 is 10.1 Å². The Bertz CT molecular complexity index is 1090. The number of carbonyl (C=O) groups is 1. The average molecular weight is 389 g/mol. The molecule has 0 unspecified atom stereocenters. The number of alkyl halides is 1. The number of aryl methyl sites for hydroxylation is 1. The normalized spacial score (nSPS) is 12.0. The lowest BCUT2D eigenvalue weighted by atomic mass is 9.80. The molecule has 0 saturated carbocycles. The van der Waals surface area contributed by atoms with Gasteiger partial charge in [0.25, 0.3) is 0 Å². The lowest BCUT2D eigenvalue weighted by molar-refractivity contribution is -0.139. The van der Waals surface area contributed by atoms with E-state index >= 15 is 0 Å². The molecule has 0 atom stereocenters. The van der Waals surface area contributed by atoms with Crippen molar-refractivity contribution in [3.8, 4) is 22.3 Å². The van der Waals surface area contributed by atoms with Gasteiger partial charge >= 0.3 is 5.97 Å². The Morgan fingerprint density at radius 2 is 1.76 bits per heavy atom. The maximum absolute atomic E-state index is 14.6. The molecular weight excluding hydrogens is 365 g/mol. The standard InChI is InChI=1S/C25H24FNO2/c1-15-8-10-17(11-9-15)23-20(12-22(28)29-3)16(2)25-24(21(23)13-26)19-7-5-4-6-18(19)14-27-25/h4-11,27H,12-14H2,1-3H3. The molecule has 0 saturated heterocycles. The van der Waals surface area contributed by atoms with Gasteiger partial charge in [0, 0.05) is 23.4 Å². The summed E-state index contributed by atoms with van der Waals surface area (Å²) < 4.78 is 19.6. The molecule has 0 radical (unpaired) electrons. The van der Waals surface area contributed by atoms with E-state index in [0.717, 1.165) is 50.2 Å². The zero-order valence-electron chi connectivity index (χ0n) is 16.9. The minimum absolute atomic E-state index is 0.106. The molecule has 0 amide bonds. The molecular formula is C25H24FNO2. The molecule has 29 heavy (non-hydrogen) atoms. The van der Waals surface area contributed by atoms with Crippen molar-refractivity contribution in [1.29, 1.82) is 0 Å². The second-order valence-electron chi connectivity index (χ2n) is 7.47. The van der Waals surface area contributed by atoms with Crippen LogP contribution in [0.2, 0.25) is 0 Å². The number of rotatable bonds is 4. The summed E-state index contributed by atoms with van der Waals surface area (Å²) in [6.45, 7) is 4.08. The second-order valence-corrected chi connectivity index (χ2v) is 7.47. The van der Waals surface area contributed by atoms with Crippen molar-refractivity contribution >= 4 is 11.7 Å². The van der Waals surface area contributed by atoms with Gasteiger partial charge in [-0.15, -0.1) is 0 Å². The van der Waals surface area contributed by atoms with Crippen molar-refractivity contribution in [3.05, 3.63) is 76.3 Å². The first-order valence-corrected chi connectivity index (χ1v) is 9.75. The Kier molecular flexibility index (Phi) is 5.10. The Labute approximate surface area is 170 Å². The zero-order chi connectivity index (χ0) is 20.5. The first kappa shape index (κ1) is 19.2. The number of hydrogen-bond donors (Lipinski definition) is 1. The summed E-state index contributed by atoms with van der Waals surface area (Å²) in [5.74, 6) is -0.331. The highest BCUT2D eigenvalue weighted by atomic mass is 19.1. The number of carbonyl (C=O) groups excluding carboxylic acids is 1. The van der Waals surface area contributed by atoms with Crippen molar-refractivity contribution in [1.82, 2.24) is 0 Å². The summed E-state index contributed by atoms with van der Waals surface area (Å²) in [6.07, 6.45) is 0.106. The summed E-state index contributed by atoms with van der Waals surface area (Å²) in [4.78, 5) is 12.2. The van der Waals surface area contributed by atoms with Crippen molar-refractivity contribution in [3.63, 3.8) is 0 Å². The van der Waals surface area contributed by atoms with E-state index in [1.165, 1.54) is 7.11 Å². The number of anilines is 1. The number of ether oxygens (including phenoxy) is 1. The lowest BCUT2D eigenvalue weighted by Gasteiger charge is -2.29. The maximum atomic E-state index is 14.6. The fourth-order valence-corrected chi connectivity index (χ4v) is 4.24. The number of esters is 1. The minimum atomic E-state index is -0.615. The molecule has 1 heterocycles. The minimum Gasteiger partial charge on any atom is -0.469 e. The highest BCUT2D eigenvalue weighted by Gasteiger charge is 2.28. The van der Waals surface area contributed by atoms with Gasteiger partial charge in [-0.3, -0.25) is 4.79 Å². The third kappa shape index (κ3) is 3.29. The number of fused-ring (bicyclic) bond motifs is 3. The topological polar surface area (TPSA) is 38.3 Å². The first-order chi connectivity index (χ1) is 14.0. The number of halogens is 1. The summed E-state index contributed by atoms with van der Waals surface area (Å²) in [5, 5.41) is 3.46. The van der Waals surface area contributed by atoms with Crippen LogP contribution in [0.1, 0.15) is 27.8 Å². The lowest BCUT2D eigenvalue weighted by Crippen LogP contribution is -2.16. The molecule has 1 aliphatic heterocycles. The average Bonchev–Trinajstić information content (AvgIpc) is 2.75. The van der Waals surface area contributed by atoms with E-state index < -0.39 is 6.67 Å². The van der Waals surface area contributed by atoms with Gasteiger partial charge in [-0.1, -0.05) is 54.1 Å². The Morgan fingerprint density at radius 1 is 1.03 bits per heavy atom. The van der Waals surface area contributed by atoms with Crippen molar-refractivity contribution in [2.75, 3.05) is 12.4 Å². The van der Waals surface area contributed by atoms with E-state index in [9.17, 15) is 9.18 Å². The number of hydrogen-bond acceptors (Lipinski definition) is 3. The van der Waals surface area contributed by atoms with E-state index in [0.29, 0.717) is 12.1 Å². The van der Waals surface area contributed by atoms with Gasteiger partial charge in [-0.2, -0.15) is 0 Å². The summed E-state index contributed by atoms with van der Waals surface area (Å²) >= 11 is 0. The summed E-state index contributed by atoms with van der Waals surface area (Å²) in [5.41, 5.74) is 9.25. The van der Waals surface area contributed by atoms with Crippen LogP contribution in [0.25, 0.3) is 22.3 Å². The van der Waals surface area contributed by atoms with E-state index in [1.54, 1.807) is 0 Å². The molecule has 0 aromatic heterocycles. The molecule has 0 spiro atoms. The van der Waals surface area contributed by atoms with E-state index in [1.807, 2.05) is 56.3 Å². The molecule has 1 aliphatic rings. The zero-order valence-corrected chi connectivity index (χ0v) is 16.9. The van der Waals surface area contributed by atoms with E-state index in [-0.39, 0.29) is 12.4 Å². The summed E-state index contributed by atoms with van der Waals surface area (Å²) in [6, 6.07) is 16.1. The van der Waals surface area contributed by atoms with Crippen LogP contribution in [0.3, 0.4) is 0 Å².